The number of hydrogen-bond donors (Lipinski definition) is 1. The maximum absolute atomic E-state index is 13.3. The fourth-order valence-electron chi connectivity index (χ4n) is 3.56. The molecule has 3 aromatic carbocycles. The fourth-order valence-corrected chi connectivity index (χ4v) is 4.84. The number of carbonyl (C=O) groups is 1. The summed E-state index contributed by atoms with van der Waals surface area (Å²) in [5.74, 6) is 0.498. The zero-order valence-electron chi connectivity index (χ0n) is 19.1. The molecule has 1 N–H and O–H groups in total. The van der Waals surface area contributed by atoms with Crippen molar-refractivity contribution in [1.29, 1.82) is 0 Å². The lowest BCUT2D eigenvalue weighted by molar-refractivity contribution is -0.121. The van der Waals surface area contributed by atoms with Crippen molar-refractivity contribution >= 4 is 40.9 Å². The van der Waals surface area contributed by atoms with Crippen molar-refractivity contribution < 1.29 is 9.18 Å². The molecule has 0 aliphatic rings. The van der Waals surface area contributed by atoms with E-state index in [-0.39, 0.29) is 11.7 Å². The zero-order chi connectivity index (χ0) is 24.9. The van der Waals surface area contributed by atoms with Crippen LogP contribution in [0.3, 0.4) is 0 Å². The molecule has 0 bridgehead atoms. The van der Waals surface area contributed by atoms with Gasteiger partial charge in [0.25, 0.3) is 0 Å². The van der Waals surface area contributed by atoms with Gasteiger partial charge in [-0.25, -0.2) is 4.39 Å². The molecule has 0 fully saturated rings. The lowest BCUT2D eigenvalue weighted by Crippen LogP contribution is -2.31. The van der Waals surface area contributed by atoms with E-state index in [4.69, 9.17) is 23.2 Å². The number of halogens is 3. The predicted molar refractivity (Wildman–Crippen MR) is 139 cm³/mol. The van der Waals surface area contributed by atoms with Gasteiger partial charge in [-0.05, 0) is 54.8 Å². The molecule has 1 heterocycles. The van der Waals surface area contributed by atoms with Gasteiger partial charge in [0.1, 0.15) is 11.2 Å². The van der Waals surface area contributed by atoms with Crippen LogP contribution >= 0.6 is 35.0 Å². The lowest BCUT2D eigenvalue weighted by Gasteiger charge is -2.19. The van der Waals surface area contributed by atoms with E-state index in [1.165, 1.54) is 23.9 Å². The second-order valence-corrected chi connectivity index (χ2v) is 9.84. The number of thioether (sulfide) groups is 1. The number of benzene rings is 3. The summed E-state index contributed by atoms with van der Waals surface area (Å²) in [6.45, 7) is 3.80. The van der Waals surface area contributed by atoms with Crippen LogP contribution in [-0.2, 0) is 10.5 Å². The maximum Gasteiger partial charge on any atom is 0.243 e. The van der Waals surface area contributed by atoms with Crippen molar-refractivity contribution in [2.24, 2.45) is 0 Å². The highest BCUT2D eigenvalue weighted by atomic mass is 35.5. The Morgan fingerprint density at radius 1 is 1.09 bits per heavy atom. The summed E-state index contributed by atoms with van der Waals surface area (Å²) in [7, 11) is 0. The normalized spacial score (nSPS) is 12.8. The maximum atomic E-state index is 13.3. The highest BCUT2D eigenvalue weighted by molar-refractivity contribution is 7.98. The Kier molecular flexibility index (Phi) is 8.11. The van der Waals surface area contributed by atoms with E-state index in [2.05, 4.69) is 15.5 Å². The second-order valence-electron chi connectivity index (χ2n) is 8.03. The molecule has 180 valence electrons. The van der Waals surface area contributed by atoms with Crippen LogP contribution < -0.4 is 5.32 Å². The Bertz CT molecular complexity index is 1310. The van der Waals surface area contributed by atoms with Crippen molar-refractivity contribution in [1.82, 2.24) is 20.1 Å². The van der Waals surface area contributed by atoms with Crippen molar-refractivity contribution in [2.75, 3.05) is 0 Å². The summed E-state index contributed by atoms with van der Waals surface area (Å²) in [6.07, 6.45) is 0. The van der Waals surface area contributed by atoms with E-state index in [0.717, 1.165) is 16.8 Å². The number of alkyl halides is 1. The molecule has 0 aliphatic carbocycles. The summed E-state index contributed by atoms with van der Waals surface area (Å²) in [5, 5.41) is 12.1. The minimum absolute atomic E-state index is 0.281. The molecule has 2 unspecified atom stereocenters. The van der Waals surface area contributed by atoms with Crippen LogP contribution in [0.4, 0.5) is 4.39 Å². The summed E-state index contributed by atoms with van der Waals surface area (Å²) < 4.78 is 15.2. The van der Waals surface area contributed by atoms with Gasteiger partial charge < -0.3 is 5.32 Å². The molecule has 1 aromatic heterocycles. The quantitative estimate of drug-likeness (QED) is 0.201. The smallest absolute Gasteiger partial charge is 0.243 e. The van der Waals surface area contributed by atoms with E-state index < -0.39 is 11.4 Å². The number of carbonyl (C=O) groups excluding carboxylic acids is 1. The summed E-state index contributed by atoms with van der Waals surface area (Å²) >= 11 is 14.2. The van der Waals surface area contributed by atoms with E-state index in [1.54, 1.807) is 12.1 Å². The molecule has 5 nitrogen and oxygen atoms in total. The molecule has 0 saturated heterocycles. The molecule has 0 saturated carbocycles. The summed E-state index contributed by atoms with van der Waals surface area (Å²) in [5.41, 5.74) is 3.44. The Balaban J connectivity index is 1.63. The van der Waals surface area contributed by atoms with E-state index in [1.807, 2.05) is 66.9 Å². The van der Waals surface area contributed by atoms with Crippen molar-refractivity contribution in [2.45, 2.75) is 36.2 Å². The van der Waals surface area contributed by atoms with Crippen molar-refractivity contribution in [3.8, 4) is 5.69 Å². The van der Waals surface area contributed by atoms with Gasteiger partial charge in [0, 0.05) is 10.8 Å². The zero-order valence-corrected chi connectivity index (χ0v) is 21.4. The summed E-state index contributed by atoms with van der Waals surface area (Å²) in [4.78, 5) is 12.9. The molecule has 2 atom stereocenters. The number of amides is 1. The number of rotatable bonds is 8. The topological polar surface area (TPSA) is 59.8 Å². The average Bonchev–Trinajstić information content (AvgIpc) is 3.29. The molecular formula is C26H23Cl2FN4OS. The van der Waals surface area contributed by atoms with Gasteiger partial charge in [-0.15, -0.1) is 21.8 Å². The fraction of sp³-hybridized carbons (Fsp3) is 0.192. The largest absolute Gasteiger partial charge is 0.345 e. The third-order valence-electron chi connectivity index (χ3n) is 5.42. The van der Waals surface area contributed by atoms with Crippen LogP contribution in [0.25, 0.3) is 5.69 Å². The molecule has 1 amide bonds. The Labute approximate surface area is 217 Å². The van der Waals surface area contributed by atoms with Gasteiger partial charge in [-0.1, -0.05) is 71.9 Å². The Hall–Kier alpha value is -2.87. The number of aryl methyl sites for hydroxylation is 1. The van der Waals surface area contributed by atoms with Crippen LogP contribution in [0.1, 0.15) is 40.9 Å². The number of nitrogens with zero attached hydrogens (tertiary/aromatic N) is 3. The molecule has 35 heavy (non-hydrogen) atoms. The van der Waals surface area contributed by atoms with Crippen LogP contribution in [0, 0.1) is 12.7 Å². The molecule has 4 aromatic rings. The van der Waals surface area contributed by atoms with Gasteiger partial charge >= 0.3 is 0 Å². The first-order chi connectivity index (χ1) is 16.8. The standard InChI is InChI=1S/C26H23Cl2FN4OS/c1-16-8-11-20(27)14-22(16)33-24(17(2)30-25(34)23(28)19-6-4-3-5-7-19)31-32-26(33)35-15-18-9-12-21(29)13-10-18/h3-14,17,23H,15H2,1-2H3,(H,30,34). The van der Waals surface area contributed by atoms with Gasteiger partial charge in [0.05, 0.1) is 11.7 Å². The lowest BCUT2D eigenvalue weighted by atomic mass is 10.1. The van der Waals surface area contributed by atoms with Crippen molar-refractivity contribution in [3.05, 3.63) is 106 Å². The van der Waals surface area contributed by atoms with E-state index in [0.29, 0.717) is 27.3 Å². The monoisotopic (exact) mass is 528 g/mol. The van der Waals surface area contributed by atoms with E-state index >= 15 is 0 Å². The third kappa shape index (κ3) is 6.04. The predicted octanol–water partition coefficient (Wildman–Crippen LogP) is 6.82. The summed E-state index contributed by atoms with van der Waals surface area (Å²) in [6, 6.07) is 20.6. The minimum Gasteiger partial charge on any atom is -0.345 e. The SMILES string of the molecule is Cc1ccc(Cl)cc1-n1c(SCc2ccc(F)cc2)nnc1C(C)NC(=O)C(Cl)c1ccccc1. The highest BCUT2D eigenvalue weighted by Crippen LogP contribution is 2.31. The first kappa shape index (κ1) is 25.2. The number of aromatic nitrogens is 3. The van der Waals surface area contributed by atoms with Gasteiger partial charge in [-0.2, -0.15) is 0 Å². The number of nitrogens with one attached hydrogen (secondary N) is 1. The first-order valence-corrected chi connectivity index (χ1v) is 12.7. The number of hydrogen-bond acceptors (Lipinski definition) is 4. The highest BCUT2D eigenvalue weighted by Gasteiger charge is 2.25. The van der Waals surface area contributed by atoms with Crippen LogP contribution in [0.5, 0.6) is 0 Å². The molecule has 0 aliphatic heterocycles. The molecule has 0 radical (unpaired) electrons. The Morgan fingerprint density at radius 3 is 2.51 bits per heavy atom. The van der Waals surface area contributed by atoms with Gasteiger partial charge in [-0.3, -0.25) is 9.36 Å². The third-order valence-corrected chi connectivity index (χ3v) is 7.11. The van der Waals surface area contributed by atoms with Gasteiger partial charge in [0.2, 0.25) is 5.91 Å². The Morgan fingerprint density at radius 2 is 1.80 bits per heavy atom. The van der Waals surface area contributed by atoms with E-state index in [9.17, 15) is 9.18 Å². The van der Waals surface area contributed by atoms with Gasteiger partial charge in [0.15, 0.2) is 11.0 Å². The molecular weight excluding hydrogens is 506 g/mol. The van der Waals surface area contributed by atoms with Crippen LogP contribution in [0.2, 0.25) is 5.02 Å². The molecule has 4 rings (SSSR count). The molecule has 0 spiro atoms. The average molecular weight is 529 g/mol. The molecule has 9 heteroatoms. The van der Waals surface area contributed by atoms with Crippen LogP contribution in [0.15, 0.2) is 78.0 Å². The first-order valence-electron chi connectivity index (χ1n) is 10.9. The van der Waals surface area contributed by atoms with Crippen LogP contribution in [-0.4, -0.2) is 20.7 Å². The minimum atomic E-state index is -0.838. The second kappa shape index (κ2) is 11.2. The van der Waals surface area contributed by atoms with Crippen molar-refractivity contribution in [3.63, 3.8) is 0 Å².